The lowest BCUT2D eigenvalue weighted by Crippen LogP contribution is -2.07. The summed E-state index contributed by atoms with van der Waals surface area (Å²) in [6.45, 7) is 0. The van der Waals surface area contributed by atoms with Gasteiger partial charge in [0.15, 0.2) is 0 Å². The second-order valence-electron chi connectivity index (χ2n) is 5.58. The van der Waals surface area contributed by atoms with Gasteiger partial charge in [0.05, 0.1) is 5.69 Å². The van der Waals surface area contributed by atoms with Crippen LogP contribution < -0.4 is 0 Å². The summed E-state index contributed by atoms with van der Waals surface area (Å²) in [6.07, 6.45) is 7.46. The van der Waals surface area contributed by atoms with Crippen LogP contribution in [0.5, 0.6) is 0 Å². The van der Waals surface area contributed by atoms with Crippen molar-refractivity contribution in [3.8, 4) is 0 Å². The normalized spacial score (nSPS) is 14.1. The summed E-state index contributed by atoms with van der Waals surface area (Å²) in [5.41, 5.74) is 6.01. The van der Waals surface area contributed by atoms with Crippen molar-refractivity contribution in [1.82, 2.24) is 4.90 Å². The first-order valence-corrected chi connectivity index (χ1v) is 7.50. The van der Waals surface area contributed by atoms with Crippen LogP contribution in [0.15, 0.2) is 77.4 Å². The molecule has 0 aliphatic heterocycles. The molecule has 0 bridgehead atoms. The molecule has 2 nitrogen and oxygen atoms in total. The van der Waals surface area contributed by atoms with Crippen molar-refractivity contribution in [2.75, 3.05) is 14.1 Å². The number of nitrogens with zero attached hydrogens (tertiary/aromatic N) is 2. The number of hydrogen-bond acceptors (Lipinski definition) is 2. The molecule has 0 amide bonds. The number of allylic oxidation sites excluding steroid dienone is 3. The van der Waals surface area contributed by atoms with E-state index >= 15 is 0 Å². The van der Waals surface area contributed by atoms with E-state index in [1.807, 2.05) is 36.5 Å². The molecule has 0 fully saturated rings. The van der Waals surface area contributed by atoms with Gasteiger partial charge >= 0.3 is 0 Å². The molecule has 0 saturated heterocycles. The van der Waals surface area contributed by atoms with Crippen molar-refractivity contribution in [2.24, 2.45) is 4.99 Å². The number of benzene rings is 2. The maximum atomic E-state index is 4.58. The lowest BCUT2D eigenvalue weighted by atomic mass is 9.99. The van der Waals surface area contributed by atoms with Gasteiger partial charge in [0.25, 0.3) is 0 Å². The van der Waals surface area contributed by atoms with Gasteiger partial charge in [0, 0.05) is 31.6 Å². The summed E-state index contributed by atoms with van der Waals surface area (Å²) >= 11 is 0. The fraction of sp³-hybridized carbons (Fsp3) is 0.150. The highest BCUT2D eigenvalue weighted by atomic mass is 15.1. The first-order valence-electron chi connectivity index (χ1n) is 7.50. The number of rotatable bonds is 4. The van der Waals surface area contributed by atoms with Crippen molar-refractivity contribution in [1.29, 1.82) is 0 Å². The Morgan fingerprint density at radius 1 is 0.955 bits per heavy atom. The van der Waals surface area contributed by atoms with Crippen LogP contribution in [-0.4, -0.2) is 25.2 Å². The van der Waals surface area contributed by atoms with Crippen LogP contribution in [0.1, 0.15) is 17.5 Å². The zero-order chi connectivity index (χ0) is 15.4. The molecule has 0 atom stereocenters. The minimum atomic E-state index is 0.976. The Kier molecular flexibility index (Phi) is 4.19. The van der Waals surface area contributed by atoms with Gasteiger partial charge in [-0.2, -0.15) is 0 Å². The van der Waals surface area contributed by atoms with Gasteiger partial charge in [-0.1, -0.05) is 48.5 Å². The van der Waals surface area contributed by atoms with Gasteiger partial charge in [-0.05, 0) is 35.8 Å². The largest absolute Gasteiger partial charge is 0.378 e. The molecule has 0 unspecified atom stereocenters. The second-order valence-corrected chi connectivity index (χ2v) is 5.58. The average molecular weight is 288 g/mol. The Labute approximate surface area is 132 Å². The Morgan fingerprint density at radius 2 is 1.68 bits per heavy atom. The highest BCUT2D eigenvalue weighted by Crippen LogP contribution is 2.29. The van der Waals surface area contributed by atoms with Gasteiger partial charge in [-0.15, -0.1) is 0 Å². The third-order valence-corrected chi connectivity index (χ3v) is 3.79. The quantitative estimate of drug-likeness (QED) is 0.746. The third kappa shape index (κ3) is 3.17. The summed E-state index contributed by atoms with van der Waals surface area (Å²) < 4.78 is 0. The van der Waals surface area contributed by atoms with E-state index in [4.69, 9.17) is 0 Å². The van der Waals surface area contributed by atoms with Crippen LogP contribution in [0, 0.1) is 0 Å². The number of aliphatic imine (C=N–C) groups is 1. The lowest BCUT2D eigenvalue weighted by Gasteiger charge is -2.11. The third-order valence-electron chi connectivity index (χ3n) is 3.79. The fourth-order valence-electron chi connectivity index (χ4n) is 2.57. The molecule has 22 heavy (non-hydrogen) atoms. The monoisotopic (exact) mass is 288 g/mol. The molecule has 0 aromatic heterocycles. The summed E-state index contributed by atoms with van der Waals surface area (Å²) in [5.74, 6) is 0. The van der Waals surface area contributed by atoms with Crippen LogP contribution in [0.4, 0.5) is 5.69 Å². The molecule has 0 saturated carbocycles. The van der Waals surface area contributed by atoms with Crippen LogP contribution in [0.2, 0.25) is 0 Å². The molecular formula is C20H20N2. The van der Waals surface area contributed by atoms with E-state index in [0.717, 1.165) is 17.7 Å². The molecule has 0 N–H and O–H groups in total. The van der Waals surface area contributed by atoms with Crippen LogP contribution in [-0.2, 0) is 0 Å². The smallest absolute Gasteiger partial charge is 0.0629 e. The van der Waals surface area contributed by atoms with E-state index in [1.54, 1.807) is 0 Å². The van der Waals surface area contributed by atoms with Crippen LogP contribution in [0.3, 0.4) is 0 Å². The average Bonchev–Trinajstić information content (AvgIpc) is 3.04. The molecule has 2 aromatic rings. The number of para-hydroxylation sites is 1. The second kappa shape index (κ2) is 6.44. The van der Waals surface area contributed by atoms with Crippen LogP contribution >= 0.6 is 0 Å². The van der Waals surface area contributed by atoms with E-state index in [-0.39, 0.29) is 0 Å². The minimum Gasteiger partial charge on any atom is -0.378 e. The number of hydrogen-bond donors (Lipinski definition) is 0. The highest BCUT2D eigenvalue weighted by Gasteiger charge is 2.12. The number of likely N-dealkylation sites (N-methyl/N-ethyl adjacent to an activating group) is 1. The molecule has 2 aromatic carbocycles. The van der Waals surface area contributed by atoms with Gasteiger partial charge in [-0.25, -0.2) is 0 Å². The molecule has 0 heterocycles. The van der Waals surface area contributed by atoms with Crippen LogP contribution in [0.25, 0.3) is 5.57 Å². The van der Waals surface area contributed by atoms with Crippen molar-refractivity contribution in [2.45, 2.75) is 6.42 Å². The first-order chi connectivity index (χ1) is 10.7. The van der Waals surface area contributed by atoms with Crippen molar-refractivity contribution >= 4 is 17.5 Å². The maximum absolute atomic E-state index is 4.58. The molecule has 1 aliphatic carbocycles. The van der Waals surface area contributed by atoms with E-state index in [9.17, 15) is 0 Å². The highest BCUT2D eigenvalue weighted by molar-refractivity contribution is 5.91. The predicted molar refractivity (Wildman–Crippen MR) is 94.5 cm³/mol. The van der Waals surface area contributed by atoms with Crippen molar-refractivity contribution < 1.29 is 0 Å². The zero-order valence-corrected chi connectivity index (χ0v) is 13.0. The molecule has 110 valence electrons. The fourth-order valence-corrected chi connectivity index (χ4v) is 2.57. The molecule has 2 heteroatoms. The van der Waals surface area contributed by atoms with Gasteiger partial charge in [-0.3, -0.25) is 4.99 Å². The minimum absolute atomic E-state index is 0.976. The Balaban J connectivity index is 1.89. The Hall–Kier alpha value is -2.61. The molecule has 0 spiro atoms. The van der Waals surface area contributed by atoms with Gasteiger partial charge in [0.1, 0.15) is 0 Å². The summed E-state index contributed by atoms with van der Waals surface area (Å²) in [5, 5.41) is 0. The standard InChI is InChI=1S/C20H20N2/c1-22(2)19-13-12-16(14-19)20-11-7-6-8-17(20)15-21-18-9-4-3-5-10-18/h3-11,13-15H,12H2,1-2H3/b21-15-. The van der Waals surface area contributed by atoms with Crippen molar-refractivity contribution in [3.63, 3.8) is 0 Å². The SMILES string of the molecule is CN(C)C1=CCC(c2ccccc2/C=N\c2ccccc2)=C1. The Bertz CT molecular complexity index is 737. The summed E-state index contributed by atoms with van der Waals surface area (Å²) in [6, 6.07) is 18.5. The zero-order valence-electron chi connectivity index (χ0n) is 13.0. The predicted octanol–water partition coefficient (Wildman–Crippen LogP) is 4.67. The lowest BCUT2D eigenvalue weighted by molar-refractivity contribution is 0.531. The Morgan fingerprint density at radius 3 is 2.41 bits per heavy atom. The van der Waals surface area contributed by atoms with Crippen molar-refractivity contribution in [3.05, 3.63) is 83.6 Å². The molecular weight excluding hydrogens is 268 g/mol. The molecule has 1 aliphatic rings. The van der Waals surface area contributed by atoms with E-state index < -0.39 is 0 Å². The first kappa shape index (κ1) is 14.3. The van der Waals surface area contributed by atoms with E-state index in [2.05, 4.69) is 60.4 Å². The van der Waals surface area contributed by atoms with E-state index in [1.165, 1.54) is 16.8 Å². The summed E-state index contributed by atoms with van der Waals surface area (Å²) in [4.78, 5) is 6.73. The van der Waals surface area contributed by atoms with E-state index in [0.29, 0.717) is 0 Å². The molecule has 0 radical (unpaired) electrons. The topological polar surface area (TPSA) is 15.6 Å². The summed E-state index contributed by atoms with van der Waals surface area (Å²) in [7, 11) is 4.15. The molecule has 3 rings (SSSR count). The maximum Gasteiger partial charge on any atom is 0.0629 e. The van der Waals surface area contributed by atoms with Gasteiger partial charge in [0.2, 0.25) is 0 Å². The van der Waals surface area contributed by atoms with Gasteiger partial charge < -0.3 is 4.90 Å².